The number of phenolic OH excluding ortho intramolecular Hbond substituents is 1. The zero-order chi connectivity index (χ0) is 13.9. The highest BCUT2D eigenvalue weighted by atomic mass is 32.1. The first-order valence-corrected chi connectivity index (χ1v) is 6.87. The monoisotopic (exact) mass is 286 g/mol. The first kappa shape index (κ1) is 12.6. The van der Waals surface area contributed by atoms with Gasteiger partial charge >= 0.3 is 0 Å². The summed E-state index contributed by atoms with van der Waals surface area (Å²) in [6, 6.07) is 13.1. The average molecular weight is 286 g/mol. The van der Waals surface area contributed by atoms with Gasteiger partial charge in [-0.3, -0.25) is 0 Å². The van der Waals surface area contributed by atoms with Crippen molar-refractivity contribution in [1.82, 2.24) is 4.98 Å². The molecule has 0 aliphatic heterocycles. The topological polar surface area (TPSA) is 45.1 Å². The molecule has 3 aromatic rings. The van der Waals surface area contributed by atoms with E-state index in [9.17, 15) is 9.50 Å². The molecular weight excluding hydrogens is 275 g/mol. The number of hydrogen-bond donors (Lipinski definition) is 2. The third-order valence-electron chi connectivity index (χ3n) is 2.78. The van der Waals surface area contributed by atoms with Crippen LogP contribution < -0.4 is 5.32 Å². The summed E-state index contributed by atoms with van der Waals surface area (Å²) in [5.41, 5.74) is 2.17. The van der Waals surface area contributed by atoms with Crippen molar-refractivity contribution in [2.75, 3.05) is 5.32 Å². The van der Waals surface area contributed by atoms with Gasteiger partial charge in [0.1, 0.15) is 11.6 Å². The lowest BCUT2D eigenvalue weighted by atomic mass is 10.1. The third kappa shape index (κ3) is 2.62. The van der Waals surface area contributed by atoms with Crippen molar-refractivity contribution in [3.05, 3.63) is 59.7 Å². The third-order valence-corrected chi connectivity index (χ3v) is 3.54. The van der Waals surface area contributed by atoms with Crippen LogP contribution in [0.1, 0.15) is 0 Å². The van der Waals surface area contributed by atoms with Crippen molar-refractivity contribution in [1.29, 1.82) is 0 Å². The highest BCUT2D eigenvalue weighted by Gasteiger charge is 2.08. The Morgan fingerprint density at radius 1 is 1.05 bits per heavy atom. The molecule has 100 valence electrons. The number of rotatable bonds is 3. The molecule has 0 saturated heterocycles. The number of aromatic nitrogens is 1. The molecule has 0 atom stereocenters. The molecule has 0 fully saturated rings. The van der Waals surface area contributed by atoms with Crippen molar-refractivity contribution in [2.24, 2.45) is 0 Å². The minimum absolute atomic E-state index is 0.200. The lowest BCUT2D eigenvalue weighted by molar-refractivity contribution is 0.477. The molecule has 20 heavy (non-hydrogen) atoms. The summed E-state index contributed by atoms with van der Waals surface area (Å²) in [6.45, 7) is 0. The summed E-state index contributed by atoms with van der Waals surface area (Å²) in [7, 11) is 0. The first-order valence-electron chi connectivity index (χ1n) is 5.99. The fourth-order valence-electron chi connectivity index (χ4n) is 1.80. The fourth-order valence-corrected chi connectivity index (χ4v) is 2.53. The van der Waals surface area contributed by atoms with Crippen LogP contribution in [0.3, 0.4) is 0 Å². The first-order chi connectivity index (χ1) is 9.72. The predicted octanol–water partition coefficient (Wildman–Crippen LogP) is 4.40. The van der Waals surface area contributed by atoms with Gasteiger partial charge in [-0.2, -0.15) is 0 Å². The summed E-state index contributed by atoms with van der Waals surface area (Å²) >= 11 is 1.43. The van der Waals surface area contributed by atoms with Gasteiger partial charge in [-0.25, -0.2) is 9.37 Å². The quantitative estimate of drug-likeness (QED) is 0.750. The Balaban J connectivity index is 1.84. The molecule has 3 rings (SSSR count). The van der Waals surface area contributed by atoms with Gasteiger partial charge in [0.05, 0.1) is 5.69 Å². The fraction of sp³-hybridized carbons (Fsp3) is 0. The summed E-state index contributed by atoms with van der Waals surface area (Å²) in [5.74, 6) is -0.0734. The minimum Gasteiger partial charge on any atom is -0.507 e. The Kier molecular flexibility index (Phi) is 3.35. The van der Waals surface area contributed by atoms with Gasteiger partial charge in [0.15, 0.2) is 5.13 Å². The second kappa shape index (κ2) is 5.30. The Hall–Kier alpha value is -2.40. The van der Waals surface area contributed by atoms with Gasteiger partial charge in [-0.1, -0.05) is 12.1 Å². The molecule has 3 nitrogen and oxygen atoms in total. The number of phenols is 1. The Bertz CT molecular complexity index is 725. The van der Waals surface area contributed by atoms with Gasteiger partial charge in [0, 0.05) is 16.6 Å². The van der Waals surface area contributed by atoms with Crippen LogP contribution >= 0.6 is 11.3 Å². The molecule has 0 aliphatic rings. The molecule has 0 unspecified atom stereocenters. The van der Waals surface area contributed by atoms with Crippen molar-refractivity contribution in [3.8, 4) is 17.0 Å². The Morgan fingerprint density at radius 3 is 2.55 bits per heavy atom. The Morgan fingerprint density at radius 2 is 1.80 bits per heavy atom. The van der Waals surface area contributed by atoms with E-state index in [-0.39, 0.29) is 11.6 Å². The maximum Gasteiger partial charge on any atom is 0.187 e. The lowest BCUT2D eigenvalue weighted by Crippen LogP contribution is -1.89. The number of nitrogens with zero attached hydrogens (tertiary/aromatic N) is 1. The largest absolute Gasteiger partial charge is 0.507 e. The number of benzene rings is 2. The molecule has 1 aromatic heterocycles. The molecule has 5 heteroatoms. The van der Waals surface area contributed by atoms with Crippen LogP contribution in [0.4, 0.5) is 15.2 Å². The van der Waals surface area contributed by atoms with Crippen molar-refractivity contribution < 1.29 is 9.50 Å². The van der Waals surface area contributed by atoms with Crippen molar-refractivity contribution in [3.63, 3.8) is 0 Å². The number of nitrogens with one attached hydrogen (secondary N) is 1. The van der Waals surface area contributed by atoms with E-state index in [1.807, 2.05) is 17.5 Å². The maximum absolute atomic E-state index is 12.8. The number of thiazole rings is 1. The molecular formula is C15H11FN2OS. The van der Waals surface area contributed by atoms with Gasteiger partial charge < -0.3 is 10.4 Å². The maximum atomic E-state index is 12.8. The minimum atomic E-state index is -0.274. The molecule has 0 radical (unpaired) electrons. The summed E-state index contributed by atoms with van der Waals surface area (Å²) in [4.78, 5) is 4.41. The smallest absolute Gasteiger partial charge is 0.187 e. The van der Waals surface area contributed by atoms with Crippen LogP contribution in [0, 0.1) is 5.82 Å². The van der Waals surface area contributed by atoms with E-state index >= 15 is 0 Å². The van der Waals surface area contributed by atoms with Crippen molar-refractivity contribution >= 4 is 22.2 Å². The normalized spacial score (nSPS) is 10.4. The van der Waals surface area contributed by atoms with Crippen LogP contribution in [0.25, 0.3) is 11.3 Å². The summed E-state index contributed by atoms with van der Waals surface area (Å²) < 4.78 is 12.8. The van der Waals surface area contributed by atoms with Gasteiger partial charge in [-0.05, 0) is 36.4 Å². The highest BCUT2D eigenvalue weighted by molar-refractivity contribution is 7.14. The highest BCUT2D eigenvalue weighted by Crippen LogP contribution is 2.32. The second-order valence-electron chi connectivity index (χ2n) is 4.19. The molecule has 2 aromatic carbocycles. The predicted molar refractivity (Wildman–Crippen MR) is 78.9 cm³/mol. The number of para-hydroxylation sites is 1. The molecule has 0 saturated carbocycles. The van der Waals surface area contributed by atoms with E-state index in [2.05, 4.69) is 10.3 Å². The second-order valence-corrected chi connectivity index (χ2v) is 5.05. The van der Waals surface area contributed by atoms with E-state index in [0.29, 0.717) is 16.4 Å². The van der Waals surface area contributed by atoms with E-state index in [4.69, 9.17) is 0 Å². The zero-order valence-electron chi connectivity index (χ0n) is 10.4. The summed E-state index contributed by atoms with van der Waals surface area (Å²) in [6.07, 6.45) is 0. The average Bonchev–Trinajstić information content (AvgIpc) is 2.90. The lowest BCUT2D eigenvalue weighted by Gasteiger charge is -2.02. The van der Waals surface area contributed by atoms with Gasteiger partial charge in [0.25, 0.3) is 0 Å². The van der Waals surface area contributed by atoms with Crippen LogP contribution in [0.15, 0.2) is 53.9 Å². The van der Waals surface area contributed by atoms with Gasteiger partial charge in [-0.15, -0.1) is 11.3 Å². The molecule has 0 spiro atoms. The molecule has 0 aliphatic carbocycles. The van der Waals surface area contributed by atoms with Crippen LogP contribution in [-0.2, 0) is 0 Å². The van der Waals surface area contributed by atoms with Crippen LogP contribution in [0.5, 0.6) is 5.75 Å². The van der Waals surface area contributed by atoms with Crippen LogP contribution in [0.2, 0.25) is 0 Å². The molecule has 0 amide bonds. The number of halogens is 1. The van der Waals surface area contributed by atoms with E-state index in [1.165, 1.54) is 23.5 Å². The molecule has 0 bridgehead atoms. The van der Waals surface area contributed by atoms with E-state index in [1.54, 1.807) is 24.3 Å². The Labute approximate surface area is 119 Å². The molecule has 2 N–H and O–H groups in total. The van der Waals surface area contributed by atoms with Crippen molar-refractivity contribution in [2.45, 2.75) is 0 Å². The molecule has 1 heterocycles. The standard InChI is InChI=1S/C15H11FN2OS/c16-10-5-7-11(8-6-10)17-15-18-13(9-20-15)12-3-1-2-4-14(12)19/h1-9,19H,(H,17,18). The number of aromatic hydroxyl groups is 1. The summed E-state index contributed by atoms with van der Waals surface area (Å²) in [5, 5.41) is 15.4. The van der Waals surface area contributed by atoms with Crippen LogP contribution in [-0.4, -0.2) is 10.1 Å². The number of hydrogen-bond acceptors (Lipinski definition) is 4. The van der Waals surface area contributed by atoms with Gasteiger partial charge in [0.2, 0.25) is 0 Å². The number of anilines is 2. The zero-order valence-corrected chi connectivity index (χ0v) is 11.2. The van der Waals surface area contributed by atoms with E-state index < -0.39 is 0 Å². The SMILES string of the molecule is Oc1ccccc1-c1csc(Nc2ccc(F)cc2)n1. The van der Waals surface area contributed by atoms with E-state index in [0.717, 1.165) is 5.69 Å².